The molecule has 6 heteroatoms. The minimum Gasteiger partial charge on any atom is -0.382 e. The van der Waals surface area contributed by atoms with Crippen LogP contribution >= 0.6 is 0 Å². The van der Waals surface area contributed by atoms with Crippen LogP contribution in [0, 0.1) is 5.41 Å². The summed E-state index contributed by atoms with van der Waals surface area (Å²) in [5, 5.41) is 9.57. The minimum atomic E-state index is 0.0666. The molecular formula is C18H36N4O2. The molecule has 1 saturated carbocycles. The summed E-state index contributed by atoms with van der Waals surface area (Å²) in [4.78, 5) is 15.9. The van der Waals surface area contributed by atoms with Gasteiger partial charge >= 0.3 is 0 Å². The van der Waals surface area contributed by atoms with E-state index >= 15 is 0 Å². The van der Waals surface area contributed by atoms with Gasteiger partial charge in [-0.1, -0.05) is 12.8 Å². The molecule has 0 heterocycles. The number of ether oxygens (including phenoxy) is 1. The van der Waals surface area contributed by atoms with Crippen LogP contribution in [0.3, 0.4) is 0 Å². The van der Waals surface area contributed by atoms with Crippen LogP contribution in [-0.4, -0.2) is 51.3 Å². The number of rotatable bonds is 10. The van der Waals surface area contributed by atoms with E-state index in [-0.39, 0.29) is 11.9 Å². The third-order valence-electron chi connectivity index (χ3n) is 4.59. The normalized spacial score (nSPS) is 17.1. The number of carbonyl (C=O) groups excluding carboxylic acids is 1. The summed E-state index contributed by atoms with van der Waals surface area (Å²) in [6, 6.07) is 0.183. The Morgan fingerprint density at radius 2 is 1.96 bits per heavy atom. The first kappa shape index (κ1) is 20.7. The van der Waals surface area contributed by atoms with E-state index in [0.717, 1.165) is 32.1 Å². The summed E-state index contributed by atoms with van der Waals surface area (Å²) in [6.45, 7) is 9.10. The van der Waals surface area contributed by atoms with Crippen molar-refractivity contribution in [3.63, 3.8) is 0 Å². The highest BCUT2D eigenvalue weighted by Crippen LogP contribution is 2.40. The lowest BCUT2D eigenvalue weighted by Gasteiger charge is -2.30. The summed E-state index contributed by atoms with van der Waals surface area (Å²) in [7, 11) is 1.77. The number of nitrogens with one attached hydrogen (secondary N) is 3. The fraction of sp³-hybridized carbons (Fsp3) is 0.889. The summed E-state index contributed by atoms with van der Waals surface area (Å²) in [5.41, 5.74) is 0.321. The van der Waals surface area contributed by atoms with Gasteiger partial charge in [0.1, 0.15) is 0 Å². The van der Waals surface area contributed by atoms with Gasteiger partial charge in [-0.3, -0.25) is 9.79 Å². The van der Waals surface area contributed by atoms with Crippen LogP contribution in [0.5, 0.6) is 0 Å². The predicted octanol–water partition coefficient (Wildman–Crippen LogP) is 2.05. The Kier molecular flexibility index (Phi) is 9.76. The maximum Gasteiger partial charge on any atom is 0.221 e. The van der Waals surface area contributed by atoms with Crippen LogP contribution in [0.2, 0.25) is 0 Å². The van der Waals surface area contributed by atoms with E-state index < -0.39 is 0 Å². The Morgan fingerprint density at radius 1 is 1.25 bits per heavy atom. The Morgan fingerprint density at radius 3 is 2.54 bits per heavy atom. The number of nitrogens with zero attached hydrogens (tertiary/aromatic N) is 1. The topological polar surface area (TPSA) is 74.8 Å². The Bertz CT molecular complexity index is 390. The molecule has 0 bridgehead atoms. The third-order valence-corrected chi connectivity index (χ3v) is 4.59. The largest absolute Gasteiger partial charge is 0.382 e. The van der Waals surface area contributed by atoms with Gasteiger partial charge in [0.2, 0.25) is 5.91 Å². The average Bonchev–Trinajstić information content (AvgIpc) is 2.99. The number of aliphatic imine (C=N–C) groups is 1. The van der Waals surface area contributed by atoms with Crippen molar-refractivity contribution in [2.45, 2.75) is 65.3 Å². The minimum absolute atomic E-state index is 0.0666. The molecule has 6 nitrogen and oxygen atoms in total. The van der Waals surface area contributed by atoms with E-state index in [2.05, 4.69) is 20.9 Å². The molecule has 1 fully saturated rings. The Labute approximate surface area is 147 Å². The monoisotopic (exact) mass is 340 g/mol. The van der Waals surface area contributed by atoms with Crippen molar-refractivity contribution >= 4 is 11.9 Å². The van der Waals surface area contributed by atoms with Crippen LogP contribution in [0.25, 0.3) is 0 Å². The molecule has 0 atom stereocenters. The van der Waals surface area contributed by atoms with Gasteiger partial charge in [-0.2, -0.15) is 0 Å². The van der Waals surface area contributed by atoms with Gasteiger partial charge in [-0.25, -0.2) is 0 Å². The van der Waals surface area contributed by atoms with Crippen molar-refractivity contribution in [1.82, 2.24) is 16.0 Å². The van der Waals surface area contributed by atoms with E-state index in [9.17, 15) is 4.79 Å². The summed E-state index contributed by atoms with van der Waals surface area (Å²) in [5.74, 6) is 0.840. The van der Waals surface area contributed by atoms with E-state index in [1.165, 1.54) is 25.7 Å². The fourth-order valence-corrected chi connectivity index (χ4v) is 3.25. The maximum atomic E-state index is 11.7. The van der Waals surface area contributed by atoms with E-state index in [0.29, 0.717) is 18.4 Å². The van der Waals surface area contributed by atoms with Crippen molar-refractivity contribution in [3.05, 3.63) is 0 Å². The first-order chi connectivity index (χ1) is 11.5. The van der Waals surface area contributed by atoms with E-state index in [4.69, 9.17) is 4.74 Å². The van der Waals surface area contributed by atoms with Crippen LogP contribution in [0.4, 0.5) is 0 Å². The van der Waals surface area contributed by atoms with Crippen molar-refractivity contribution in [1.29, 1.82) is 0 Å². The molecule has 0 aliphatic heterocycles. The van der Waals surface area contributed by atoms with Gasteiger partial charge in [-0.15, -0.1) is 0 Å². The average molecular weight is 341 g/mol. The second kappa shape index (κ2) is 11.3. The quantitative estimate of drug-likeness (QED) is 0.323. The lowest BCUT2D eigenvalue weighted by molar-refractivity contribution is -0.121. The molecule has 3 N–H and O–H groups in total. The zero-order chi connectivity index (χ0) is 17.8. The standard InChI is InChI=1S/C18H36N4O2/c1-5-24-13-11-18(9-6-7-10-18)14-21-17(19-4)20-12-8-16(23)22-15(2)3/h15H,5-14H2,1-4H3,(H,22,23)(H2,19,20,21). The second-order valence-corrected chi connectivity index (χ2v) is 6.98. The first-order valence-corrected chi connectivity index (χ1v) is 9.33. The lowest BCUT2D eigenvalue weighted by Crippen LogP contribution is -2.44. The van der Waals surface area contributed by atoms with Gasteiger partial charge in [-0.05, 0) is 45.4 Å². The number of carbonyl (C=O) groups is 1. The molecule has 1 aliphatic rings. The highest BCUT2D eigenvalue weighted by molar-refractivity contribution is 5.81. The van der Waals surface area contributed by atoms with Crippen molar-refractivity contribution in [2.24, 2.45) is 10.4 Å². The second-order valence-electron chi connectivity index (χ2n) is 6.98. The summed E-state index contributed by atoms with van der Waals surface area (Å²) in [6.07, 6.45) is 6.65. The van der Waals surface area contributed by atoms with Crippen LogP contribution < -0.4 is 16.0 Å². The molecular weight excluding hydrogens is 304 g/mol. The number of hydrogen-bond donors (Lipinski definition) is 3. The molecule has 1 rings (SSSR count). The molecule has 0 unspecified atom stereocenters. The zero-order valence-electron chi connectivity index (χ0n) is 15.9. The molecule has 0 radical (unpaired) electrons. The first-order valence-electron chi connectivity index (χ1n) is 9.33. The molecule has 0 aromatic heterocycles. The fourth-order valence-electron chi connectivity index (χ4n) is 3.25. The molecule has 1 amide bonds. The van der Waals surface area contributed by atoms with E-state index in [1.807, 2.05) is 20.8 Å². The lowest BCUT2D eigenvalue weighted by atomic mass is 9.83. The summed E-state index contributed by atoms with van der Waals surface area (Å²) >= 11 is 0. The van der Waals surface area contributed by atoms with Crippen LogP contribution in [0.15, 0.2) is 4.99 Å². The van der Waals surface area contributed by atoms with Gasteiger partial charge in [0, 0.05) is 45.8 Å². The van der Waals surface area contributed by atoms with Crippen molar-refractivity contribution < 1.29 is 9.53 Å². The molecule has 24 heavy (non-hydrogen) atoms. The highest BCUT2D eigenvalue weighted by Gasteiger charge is 2.33. The number of hydrogen-bond acceptors (Lipinski definition) is 3. The Balaban J connectivity index is 2.34. The van der Waals surface area contributed by atoms with Gasteiger partial charge in [0.05, 0.1) is 0 Å². The van der Waals surface area contributed by atoms with E-state index in [1.54, 1.807) is 7.05 Å². The molecule has 0 spiro atoms. The van der Waals surface area contributed by atoms with Crippen LogP contribution in [0.1, 0.15) is 59.3 Å². The molecule has 0 saturated heterocycles. The van der Waals surface area contributed by atoms with Gasteiger partial charge < -0.3 is 20.7 Å². The molecule has 1 aliphatic carbocycles. The van der Waals surface area contributed by atoms with Crippen molar-refractivity contribution in [2.75, 3.05) is 33.4 Å². The molecule has 140 valence electrons. The maximum absolute atomic E-state index is 11.7. The predicted molar refractivity (Wildman–Crippen MR) is 99.3 cm³/mol. The number of guanidine groups is 1. The zero-order valence-corrected chi connectivity index (χ0v) is 15.9. The Hall–Kier alpha value is -1.30. The smallest absolute Gasteiger partial charge is 0.221 e. The van der Waals surface area contributed by atoms with Crippen molar-refractivity contribution in [3.8, 4) is 0 Å². The summed E-state index contributed by atoms with van der Waals surface area (Å²) < 4.78 is 5.56. The highest BCUT2D eigenvalue weighted by atomic mass is 16.5. The molecule has 0 aromatic rings. The van der Waals surface area contributed by atoms with Gasteiger partial charge in [0.25, 0.3) is 0 Å². The SMILES string of the molecule is CCOCCC1(CNC(=NC)NCCC(=O)NC(C)C)CCCC1. The van der Waals surface area contributed by atoms with Crippen LogP contribution in [-0.2, 0) is 9.53 Å². The molecule has 0 aromatic carbocycles. The number of amides is 1. The van der Waals surface area contributed by atoms with Gasteiger partial charge in [0.15, 0.2) is 5.96 Å². The third kappa shape index (κ3) is 7.99.